The van der Waals surface area contributed by atoms with E-state index in [9.17, 15) is 14.4 Å². The number of hydrogen-bond donors (Lipinski definition) is 3. The Labute approximate surface area is 160 Å². The number of rotatable bonds is 6. The van der Waals surface area contributed by atoms with Crippen molar-refractivity contribution in [2.24, 2.45) is 0 Å². The lowest BCUT2D eigenvalue weighted by atomic mass is 10.1. The van der Waals surface area contributed by atoms with Crippen molar-refractivity contribution < 1.29 is 13.6 Å². The van der Waals surface area contributed by atoms with Crippen LogP contribution in [0.1, 0.15) is 41.4 Å². The number of aryl methyl sites for hydroxylation is 1. The van der Waals surface area contributed by atoms with Gasteiger partial charge in [-0.1, -0.05) is 0 Å². The molecule has 1 amide bonds. The van der Waals surface area contributed by atoms with Crippen LogP contribution in [0.2, 0.25) is 0 Å². The van der Waals surface area contributed by atoms with Crippen molar-refractivity contribution in [2.75, 3.05) is 10.8 Å². The van der Waals surface area contributed by atoms with E-state index in [-0.39, 0.29) is 23.3 Å². The van der Waals surface area contributed by atoms with E-state index < -0.39 is 11.7 Å². The molecule has 0 radical (unpaired) electrons. The molecule has 1 aromatic carbocycles. The Morgan fingerprint density at radius 3 is 2.86 bits per heavy atom. The van der Waals surface area contributed by atoms with Crippen molar-refractivity contribution in [1.82, 2.24) is 15.3 Å². The molecule has 0 unspecified atom stereocenters. The molecule has 3 N–H and O–H groups in total. The average molecular weight is 384 g/mol. The molecule has 4 rings (SSSR count). The number of nitrogens with one attached hydrogen (secondary N) is 3. The Bertz CT molecular complexity index is 1060. The van der Waals surface area contributed by atoms with E-state index in [1.54, 1.807) is 12.4 Å². The van der Waals surface area contributed by atoms with E-state index in [1.807, 2.05) is 0 Å². The van der Waals surface area contributed by atoms with E-state index >= 15 is 0 Å². The van der Waals surface area contributed by atoms with Gasteiger partial charge in [0, 0.05) is 23.3 Å². The molecular weight excluding hydrogens is 365 g/mol. The summed E-state index contributed by atoms with van der Waals surface area (Å²) in [6.07, 6.45) is 3.41. The maximum atomic E-state index is 14.0. The predicted molar refractivity (Wildman–Crippen MR) is 102 cm³/mol. The number of hydrogen-bond acceptors (Lipinski definition) is 7. The van der Waals surface area contributed by atoms with Crippen LogP contribution in [0.5, 0.6) is 0 Å². The minimum atomic E-state index is -0.513. The van der Waals surface area contributed by atoms with E-state index in [0.717, 1.165) is 12.8 Å². The van der Waals surface area contributed by atoms with Gasteiger partial charge in [0.1, 0.15) is 23.7 Å². The number of amides is 1. The lowest BCUT2D eigenvalue weighted by Crippen LogP contribution is -2.24. The summed E-state index contributed by atoms with van der Waals surface area (Å²) in [6, 6.07) is 3.86. The number of carbonyl (C=O) groups is 1. The van der Waals surface area contributed by atoms with Crippen LogP contribution in [0.25, 0.3) is 11.1 Å². The Kier molecular flexibility index (Phi) is 4.38. The molecule has 146 valence electrons. The monoisotopic (exact) mass is 384 g/mol. The van der Waals surface area contributed by atoms with Crippen LogP contribution in [-0.2, 0) is 6.54 Å². The number of fused-ring (bicyclic) bond motifs is 1. The molecule has 0 saturated heterocycles. The molecule has 9 heteroatoms. The van der Waals surface area contributed by atoms with E-state index in [2.05, 4.69) is 27.5 Å². The smallest absolute Gasteiger partial charge is 0.255 e. The SMILES string of the molecule is Cc1oc2ncnc(NC3(C)CC3)c2c1C(=O)NCc1cc(N[O-])ccc1F. The zero-order chi connectivity index (χ0) is 19.9. The van der Waals surface area contributed by atoms with Crippen LogP contribution < -0.4 is 16.1 Å². The molecule has 0 aliphatic heterocycles. The summed E-state index contributed by atoms with van der Waals surface area (Å²) in [5.74, 6) is -0.0152. The second-order valence-corrected chi connectivity index (χ2v) is 7.21. The Morgan fingerprint density at radius 1 is 1.36 bits per heavy atom. The number of furan rings is 1. The summed E-state index contributed by atoms with van der Waals surface area (Å²) < 4.78 is 19.6. The van der Waals surface area contributed by atoms with Gasteiger partial charge in [-0.15, -0.1) is 0 Å². The summed E-state index contributed by atoms with van der Waals surface area (Å²) in [7, 11) is 0. The number of halogens is 1. The fraction of sp³-hybridized carbons (Fsp3) is 0.316. The summed E-state index contributed by atoms with van der Waals surface area (Å²) in [5, 5.41) is 17.3. The summed E-state index contributed by atoms with van der Waals surface area (Å²) in [6.45, 7) is 3.66. The first kappa shape index (κ1) is 18.2. The van der Waals surface area contributed by atoms with Gasteiger partial charge in [0.15, 0.2) is 0 Å². The topological polar surface area (TPSA) is 115 Å². The third kappa shape index (κ3) is 3.36. The van der Waals surface area contributed by atoms with Gasteiger partial charge in [-0.25, -0.2) is 14.4 Å². The highest BCUT2D eigenvalue weighted by molar-refractivity contribution is 6.10. The van der Waals surface area contributed by atoms with Crippen molar-refractivity contribution in [1.29, 1.82) is 0 Å². The van der Waals surface area contributed by atoms with Gasteiger partial charge in [0.05, 0.1) is 10.9 Å². The van der Waals surface area contributed by atoms with Crippen LogP contribution >= 0.6 is 0 Å². The molecule has 0 atom stereocenters. The summed E-state index contributed by atoms with van der Waals surface area (Å²) >= 11 is 0. The fourth-order valence-corrected chi connectivity index (χ4v) is 3.05. The van der Waals surface area contributed by atoms with Gasteiger partial charge < -0.3 is 25.7 Å². The third-order valence-electron chi connectivity index (χ3n) is 4.91. The standard InChI is InChI=1S/C19H19FN5O3/c1-10-14(17(26)21-8-11-7-12(25-27)3-4-13(11)20)15-16(24-19(2)5-6-19)22-9-23-18(15)28-10/h3-4,7,9,25H,5-6,8H2,1-2H3,(H,21,26)(H,22,23,24)/q-1. The quantitative estimate of drug-likeness (QED) is 0.557. The first-order valence-corrected chi connectivity index (χ1v) is 8.87. The van der Waals surface area contributed by atoms with Gasteiger partial charge in [-0.2, -0.15) is 0 Å². The molecule has 1 fully saturated rings. The predicted octanol–water partition coefficient (Wildman–Crippen LogP) is 3.47. The maximum Gasteiger partial charge on any atom is 0.255 e. The van der Waals surface area contributed by atoms with E-state index in [4.69, 9.17) is 4.42 Å². The van der Waals surface area contributed by atoms with Crippen molar-refractivity contribution in [2.45, 2.75) is 38.8 Å². The minimum absolute atomic E-state index is 0.0465. The lowest BCUT2D eigenvalue weighted by Gasteiger charge is -2.14. The normalized spacial score (nSPS) is 14.7. The van der Waals surface area contributed by atoms with Crippen molar-refractivity contribution in [3.05, 3.63) is 52.4 Å². The van der Waals surface area contributed by atoms with Crippen molar-refractivity contribution in [3.8, 4) is 0 Å². The Morgan fingerprint density at radius 2 is 2.14 bits per heavy atom. The Hall–Kier alpha value is -3.20. The van der Waals surface area contributed by atoms with Crippen LogP contribution in [0.15, 0.2) is 28.9 Å². The highest BCUT2D eigenvalue weighted by atomic mass is 19.1. The first-order valence-electron chi connectivity index (χ1n) is 8.87. The minimum Gasteiger partial charge on any atom is -0.761 e. The van der Waals surface area contributed by atoms with Crippen molar-refractivity contribution in [3.63, 3.8) is 0 Å². The molecule has 0 spiro atoms. The number of aromatic nitrogens is 2. The molecule has 8 nitrogen and oxygen atoms in total. The molecule has 1 saturated carbocycles. The maximum absolute atomic E-state index is 14.0. The number of benzene rings is 1. The van der Waals surface area contributed by atoms with E-state index in [1.165, 1.54) is 24.5 Å². The zero-order valence-electron chi connectivity index (χ0n) is 15.4. The van der Waals surface area contributed by atoms with Crippen LogP contribution in [0, 0.1) is 17.9 Å². The van der Waals surface area contributed by atoms with Crippen LogP contribution in [-0.4, -0.2) is 21.4 Å². The molecule has 1 aliphatic carbocycles. The first-order chi connectivity index (χ1) is 13.4. The largest absolute Gasteiger partial charge is 0.761 e. The van der Waals surface area contributed by atoms with Gasteiger partial charge in [-0.3, -0.25) is 4.79 Å². The number of anilines is 2. The second-order valence-electron chi connectivity index (χ2n) is 7.21. The number of nitrogens with zero attached hydrogens (tertiary/aromatic N) is 2. The molecule has 3 aromatic rings. The molecule has 28 heavy (non-hydrogen) atoms. The molecule has 2 aromatic heterocycles. The van der Waals surface area contributed by atoms with Gasteiger partial charge in [0.2, 0.25) is 5.71 Å². The van der Waals surface area contributed by atoms with Crippen LogP contribution in [0.4, 0.5) is 15.9 Å². The average Bonchev–Trinajstić information content (AvgIpc) is 3.29. The molecular formula is C19H19FN5O3-. The third-order valence-corrected chi connectivity index (χ3v) is 4.91. The zero-order valence-corrected chi connectivity index (χ0v) is 15.4. The molecule has 0 bridgehead atoms. The number of carbonyl (C=O) groups excluding carboxylic acids is 1. The van der Waals surface area contributed by atoms with Gasteiger partial charge in [-0.05, 0) is 44.9 Å². The molecule has 1 aliphatic rings. The second kappa shape index (κ2) is 6.75. The Balaban J connectivity index is 1.63. The van der Waals surface area contributed by atoms with Crippen LogP contribution in [0.3, 0.4) is 0 Å². The van der Waals surface area contributed by atoms with Gasteiger partial charge >= 0.3 is 0 Å². The van der Waals surface area contributed by atoms with Gasteiger partial charge in [0.25, 0.3) is 5.91 Å². The van der Waals surface area contributed by atoms with E-state index in [0.29, 0.717) is 28.2 Å². The summed E-state index contributed by atoms with van der Waals surface area (Å²) in [5.41, 5.74) is 2.69. The molecule has 2 heterocycles. The lowest BCUT2D eigenvalue weighted by molar-refractivity contribution is 0.0950. The van der Waals surface area contributed by atoms with Crippen molar-refractivity contribution >= 4 is 28.5 Å². The summed E-state index contributed by atoms with van der Waals surface area (Å²) in [4.78, 5) is 21.2. The highest BCUT2D eigenvalue weighted by Crippen LogP contribution is 2.40. The fourth-order valence-electron chi connectivity index (χ4n) is 3.05. The highest BCUT2D eigenvalue weighted by Gasteiger charge is 2.38.